The van der Waals surface area contributed by atoms with Gasteiger partial charge in [0.15, 0.2) is 0 Å². The predicted octanol–water partition coefficient (Wildman–Crippen LogP) is 1.19. The summed E-state index contributed by atoms with van der Waals surface area (Å²) < 4.78 is 27.5. The van der Waals surface area contributed by atoms with Gasteiger partial charge in [-0.1, -0.05) is 0 Å². The first-order valence-corrected chi connectivity index (χ1v) is 9.23. The maximum Gasteiger partial charge on any atom is 0.270 e. The quantitative estimate of drug-likeness (QED) is 0.913. The zero-order valence-electron chi connectivity index (χ0n) is 12.4. The minimum absolute atomic E-state index is 0.106. The Kier molecular flexibility index (Phi) is 3.84. The minimum Gasteiger partial charge on any atom is -0.345 e. The van der Waals surface area contributed by atoms with Crippen molar-refractivity contribution in [2.45, 2.75) is 17.9 Å². The van der Waals surface area contributed by atoms with Crippen LogP contribution in [0.1, 0.15) is 20.9 Å². The van der Waals surface area contributed by atoms with E-state index in [4.69, 9.17) is 0 Å². The summed E-state index contributed by atoms with van der Waals surface area (Å²) in [5, 5.41) is 2.04. The van der Waals surface area contributed by atoms with Gasteiger partial charge in [0.1, 0.15) is 10.6 Å². The van der Waals surface area contributed by atoms with Gasteiger partial charge in [-0.25, -0.2) is 13.1 Å². The molecule has 0 atom stereocenters. The van der Waals surface area contributed by atoms with Gasteiger partial charge in [-0.2, -0.15) is 0 Å². The number of amides is 1. The Balaban J connectivity index is 1.88. The number of carbonyl (C=O) groups is 1. The standard InChI is InChI=1S/C14H17N3O3S2/c1-15-22(19,20)11-7-12(16(2)9-11)14(18)17-5-3-13-10(8-17)4-6-21-13/h4,6-7,9,15H,3,5,8H2,1-2H3. The summed E-state index contributed by atoms with van der Waals surface area (Å²) in [6.45, 7) is 1.24. The molecule has 1 amide bonds. The van der Waals surface area contributed by atoms with Gasteiger partial charge < -0.3 is 9.47 Å². The third kappa shape index (κ3) is 2.57. The highest BCUT2D eigenvalue weighted by Gasteiger charge is 2.26. The van der Waals surface area contributed by atoms with Crippen molar-refractivity contribution >= 4 is 27.3 Å². The minimum atomic E-state index is -3.54. The fourth-order valence-electron chi connectivity index (χ4n) is 2.60. The number of nitrogens with zero attached hydrogens (tertiary/aromatic N) is 2. The lowest BCUT2D eigenvalue weighted by molar-refractivity contribution is 0.0726. The zero-order chi connectivity index (χ0) is 15.9. The summed E-state index contributed by atoms with van der Waals surface area (Å²) >= 11 is 1.72. The van der Waals surface area contributed by atoms with Crippen LogP contribution in [0.15, 0.2) is 28.6 Å². The van der Waals surface area contributed by atoms with Gasteiger partial charge >= 0.3 is 0 Å². The molecule has 0 aliphatic carbocycles. The van der Waals surface area contributed by atoms with Crippen LogP contribution in [0.5, 0.6) is 0 Å². The Morgan fingerprint density at radius 3 is 2.91 bits per heavy atom. The Bertz CT molecular complexity index is 820. The van der Waals surface area contributed by atoms with E-state index in [1.54, 1.807) is 27.9 Å². The molecule has 0 bridgehead atoms. The van der Waals surface area contributed by atoms with Crippen LogP contribution in [0.25, 0.3) is 0 Å². The molecule has 0 unspecified atom stereocenters. The molecule has 6 nitrogen and oxygen atoms in total. The second-order valence-electron chi connectivity index (χ2n) is 5.23. The molecule has 0 fully saturated rings. The molecule has 0 aromatic carbocycles. The lowest BCUT2D eigenvalue weighted by Gasteiger charge is -2.27. The highest BCUT2D eigenvalue weighted by molar-refractivity contribution is 7.89. The molecule has 1 aliphatic rings. The number of aryl methyl sites for hydroxylation is 1. The fraction of sp³-hybridized carbons (Fsp3) is 0.357. The van der Waals surface area contributed by atoms with Gasteiger partial charge in [0.25, 0.3) is 5.91 Å². The van der Waals surface area contributed by atoms with Crippen molar-refractivity contribution in [2.24, 2.45) is 7.05 Å². The predicted molar refractivity (Wildman–Crippen MR) is 84.4 cm³/mol. The number of carbonyl (C=O) groups excluding carboxylic acids is 1. The second kappa shape index (κ2) is 5.53. The summed E-state index contributed by atoms with van der Waals surface area (Å²) in [7, 11) is -0.508. The van der Waals surface area contributed by atoms with Crippen molar-refractivity contribution in [1.29, 1.82) is 0 Å². The van der Waals surface area contributed by atoms with Crippen LogP contribution in [0.4, 0.5) is 0 Å². The van der Waals surface area contributed by atoms with Crippen molar-refractivity contribution < 1.29 is 13.2 Å². The van der Waals surface area contributed by atoms with E-state index in [2.05, 4.69) is 4.72 Å². The third-order valence-electron chi connectivity index (χ3n) is 3.87. The number of rotatable bonds is 3. The maximum atomic E-state index is 12.7. The van der Waals surface area contributed by atoms with Crippen LogP contribution in [0.3, 0.4) is 0 Å². The van der Waals surface area contributed by atoms with Crippen molar-refractivity contribution in [2.75, 3.05) is 13.6 Å². The van der Waals surface area contributed by atoms with E-state index in [1.165, 1.54) is 29.8 Å². The monoisotopic (exact) mass is 339 g/mol. The van der Waals surface area contributed by atoms with E-state index in [-0.39, 0.29) is 10.8 Å². The molecule has 0 radical (unpaired) electrons. The molecular weight excluding hydrogens is 322 g/mol. The van der Waals surface area contributed by atoms with E-state index >= 15 is 0 Å². The third-order valence-corrected chi connectivity index (χ3v) is 6.28. The maximum absolute atomic E-state index is 12.7. The van der Waals surface area contributed by atoms with Gasteiger partial charge in [0.2, 0.25) is 10.0 Å². The molecule has 0 saturated carbocycles. The van der Waals surface area contributed by atoms with Crippen LogP contribution in [0, 0.1) is 0 Å². The number of aromatic nitrogens is 1. The molecular formula is C14H17N3O3S2. The van der Waals surface area contributed by atoms with Crippen LogP contribution in [-0.4, -0.2) is 37.4 Å². The average molecular weight is 339 g/mol. The Morgan fingerprint density at radius 2 is 2.18 bits per heavy atom. The van der Waals surface area contributed by atoms with Crippen LogP contribution < -0.4 is 4.72 Å². The smallest absolute Gasteiger partial charge is 0.270 e. The Hall–Kier alpha value is -1.64. The lowest BCUT2D eigenvalue weighted by atomic mass is 10.1. The summed E-state index contributed by atoms with van der Waals surface area (Å²) in [6, 6.07) is 3.47. The average Bonchev–Trinajstić information content (AvgIpc) is 3.12. The van der Waals surface area contributed by atoms with E-state index in [0.29, 0.717) is 18.8 Å². The molecule has 2 aromatic rings. The number of fused-ring (bicyclic) bond motifs is 1. The normalized spacial score (nSPS) is 14.9. The fourth-order valence-corrected chi connectivity index (χ4v) is 4.28. The topological polar surface area (TPSA) is 71.4 Å². The number of nitrogens with one attached hydrogen (secondary N) is 1. The number of thiophene rings is 1. The first-order chi connectivity index (χ1) is 10.4. The first kappa shape index (κ1) is 15.3. The van der Waals surface area contributed by atoms with Crippen molar-refractivity contribution in [1.82, 2.24) is 14.2 Å². The van der Waals surface area contributed by atoms with Crippen LogP contribution in [-0.2, 0) is 30.0 Å². The van der Waals surface area contributed by atoms with Gasteiger partial charge in [-0.3, -0.25) is 4.79 Å². The highest BCUT2D eigenvalue weighted by Crippen LogP contribution is 2.25. The molecule has 0 spiro atoms. The molecule has 1 N–H and O–H groups in total. The van der Waals surface area contributed by atoms with Crippen LogP contribution in [0.2, 0.25) is 0 Å². The molecule has 2 aromatic heterocycles. The molecule has 22 heavy (non-hydrogen) atoms. The second-order valence-corrected chi connectivity index (χ2v) is 8.11. The largest absolute Gasteiger partial charge is 0.345 e. The Morgan fingerprint density at radius 1 is 1.41 bits per heavy atom. The van der Waals surface area contributed by atoms with Gasteiger partial charge in [0, 0.05) is 31.2 Å². The highest BCUT2D eigenvalue weighted by atomic mass is 32.2. The van der Waals surface area contributed by atoms with Crippen molar-refractivity contribution in [3.05, 3.63) is 39.8 Å². The Labute approximate surface area is 133 Å². The van der Waals surface area contributed by atoms with Crippen LogP contribution >= 0.6 is 11.3 Å². The molecule has 8 heteroatoms. The summed E-state index contributed by atoms with van der Waals surface area (Å²) in [5.41, 5.74) is 1.56. The van der Waals surface area contributed by atoms with Crippen molar-refractivity contribution in [3.8, 4) is 0 Å². The van der Waals surface area contributed by atoms with E-state index < -0.39 is 10.0 Å². The zero-order valence-corrected chi connectivity index (χ0v) is 14.0. The SMILES string of the molecule is CNS(=O)(=O)c1cc(C(=O)N2CCc3sccc3C2)n(C)c1. The first-order valence-electron chi connectivity index (χ1n) is 6.87. The van der Waals surface area contributed by atoms with E-state index in [0.717, 1.165) is 6.42 Å². The summed E-state index contributed by atoms with van der Waals surface area (Å²) in [4.78, 5) is 15.9. The van der Waals surface area contributed by atoms with E-state index in [1.807, 2.05) is 11.4 Å². The van der Waals surface area contributed by atoms with Crippen molar-refractivity contribution in [3.63, 3.8) is 0 Å². The number of sulfonamides is 1. The van der Waals surface area contributed by atoms with E-state index in [9.17, 15) is 13.2 Å². The molecule has 1 aliphatic heterocycles. The molecule has 0 saturated heterocycles. The summed E-state index contributed by atoms with van der Waals surface area (Å²) in [6.07, 6.45) is 2.31. The molecule has 118 valence electrons. The summed E-state index contributed by atoms with van der Waals surface area (Å²) in [5.74, 6) is -0.142. The molecule has 3 heterocycles. The number of hydrogen-bond acceptors (Lipinski definition) is 4. The molecule has 3 rings (SSSR count). The number of hydrogen-bond donors (Lipinski definition) is 1. The lowest BCUT2D eigenvalue weighted by Crippen LogP contribution is -2.36. The van der Waals surface area contributed by atoms with Gasteiger partial charge in [0.05, 0.1) is 0 Å². The van der Waals surface area contributed by atoms with Gasteiger partial charge in [-0.05, 0) is 36.5 Å². The van der Waals surface area contributed by atoms with Gasteiger partial charge in [-0.15, -0.1) is 11.3 Å².